The second kappa shape index (κ2) is 33.5. The van der Waals surface area contributed by atoms with Gasteiger partial charge in [0.25, 0.3) is 0 Å². The van der Waals surface area contributed by atoms with E-state index in [2.05, 4.69) is 32.1 Å². The summed E-state index contributed by atoms with van der Waals surface area (Å²) >= 11 is 0. The van der Waals surface area contributed by atoms with Gasteiger partial charge in [-0.1, -0.05) is 54.7 Å². The fraction of sp³-hybridized carbons (Fsp3) is 0.645. The van der Waals surface area contributed by atoms with E-state index in [0.717, 1.165) is 0 Å². The number of halogens is 26. The lowest BCUT2D eigenvalue weighted by molar-refractivity contribution is -0.372. The van der Waals surface area contributed by atoms with E-state index in [1.165, 1.54) is 0 Å². The van der Waals surface area contributed by atoms with Gasteiger partial charge in [0, 0.05) is 37.1 Å². The lowest BCUT2D eigenvalue weighted by atomic mass is 9.61. The summed E-state index contributed by atoms with van der Waals surface area (Å²) in [7, 11) is 0. The maximum absolute atomic E-state index is 14.8. The molecule has 0 heterocycles. The number of nitrogens with one attached hydrogen (secondary N) is 2. The summed E-state index contributed by atoms with van der Waals surface area (Å²) in [6.07, 6.45) is -6.94. The maximum Gasteiger partial charge on any atom is 0.407 e. The van der Waals surface area contributed by atoms with Crippen molar-refractivity contribution in [1.29, 1.82) is 0 Å². The normalized spacial score (nSPS) is 20.2. The Labute approximate surface area is 578 Å². The number of amides is 2. The largest absolute Gasteiger partial charge is 0.481 e. The molecule has 2 N–H and O–H groups in total. The van der Waals surface area contributed by atoms with Gasteiger partial charge in [0.15, 0.2) is 50.1 Å². The van der Waals surface area contributed by atoms with Crippen LogP contribution in [0, 0.1) is 79.8 Å². The number of benzene rings is 2. The number of hydrogen-bond acceptors (Lipinski definition) is 15. The minimum absolute atomic E-state index is 0.0493. The van der Waals surface area contributed by atoms with E-state index in [4.69, 9.17) is 23.7 Å². The molecule has 596 valence electrons. The fourth-order valence-electron chi connectivity index (χ4n) is 11.9. The van der Waals surface area contributed by atoms with Crippen molar-refractivity contribution in [2.45, 2.75) is 177 Å². The van der Waals surface area contributed by atoms with Crippen LogP contribution in [0.25, 0.3) is 0 Å². The molecular formula is C62H66F26N2O15. The molecule has 2 aromatic rings. The topological polar surface area (TPSA) is 210 Å². The molecule has 2 saturated carbocycles. The highest BCUT2D eigenvalue weighted by Gasteiger charge is 2.82. The molecule has 43 heteroatoms. The van der Waals surface area contributed by atoms with Crippen LogP contribution in [0.4, 0.5) is 124 Å². The number of alkyl carbamates (subject to hydrolysis) is 2. The Balaban J connectivity index is 1.35. The summed E-state index contributed by atoms with van der Waals surface area (Å²) in [4.78, 5) is 76.4. The Hall–Kier alpha value is -7.92. The highest BCUT2D eigenvalue weighted by atomic mass is 19.4. The second-order valence-corrected chi connectivity index (χ2v) is 26.9. The predicted molar refractivity (Wildman–Crippen MR) is 302 cm³/mol. The zero-order chi connectivity index (χ0) is 80.6. The van der Waals surface area contributed by atoms with Crippen LogP contribution >= 0.6 is 0 Å². The van der Waals surface area contributed by atoms with Gasteiger partial charge in [-0.05, 0) is 73.0 Å². The third kappa shape index (κ3) is 21.7. The summed E-state index contributed by atoms with van der Waals surface area (Å²) in [6, 6.07) is -2.33. The van der Waals surface area contributed by atoms with Gasteiger partial charge in [-0.3, -0.25) is 9.59 Å². The van der Waals surface area contributed by atoms with Crippen molar-refractivity contribution >= 4 is 36.1 Å². The molecule has 0 radical (unpaired) electrons. The molecule has 2 aliphatic rings. The molecule has 0 bridgehead atoms. The van der Waals surface area contributed by atoms with Crippen LogP contribution in [0.5, 0.6) is 11.5 Å². The molecule has 6 atom stereocenters. The van der Waals surface area contributed by atoms with Crippen molar-refractivity contribution in [3.05, 3.63) is 83.5 Å². The Morgan fingerprint density at radius 2 is 0.676 bits per heavy atom. The van der Waals surface area contributed by atoms with Crippen LogP contribution in [-0.2, 0) is 52.3 Å². The van der Waals surface area contributed by atoms with Crippen molar-refractivity contribution in [2.75, 3.05) is 52.9 Å². The zero-order valence-electron chi connectivity index (χ0n) is 55.6. The minimum atomic E-state index is -7.28. The first-order valence-electron chi connectivity index (χ1n) is 30.4. The maximum atomic E-state index is 14.8. The number of carbonyl (C=O) groups excluding carboxylic acids is 6. The lowest BCUT2D eigenvalue weighted by Gasteiger charge is -2.47. The van der Waals surface area contributed by atoms with Crippen LogP contribution in [0.3, 0.4) is 0 Å². The molecular weight excluding hydrogens is 1510 g/mol. The van der Waals surface area contributed by atoms with Crippen LogP contribution in [0.2, 0.25) is 0 Å². The molecule has 17 nitrogen and oxygen atoms in total. The average molecular weight is 1570 g/mol. The van der Waals surface area contributed by atoms with E-state index in [9.17, 15) is 143 Å². The molecule has 105 heavy (non-hydrogen) atoms. The van der Waals surface area contributed by atoms with Gasteiger partial charge in [-0.15, -0.1) is 0 Å². The smallest absolute Gasteiger partial charge is 0.407 e. The van der Waals surface area contributed by atoms with Gasteiger partial charge in [0.2, 0.25) is 58.2 Å². The monoisotopic (exact) mass is 1570 g/mol. The Kier molecular flexibility index (Phi) is 28.5. The fourth-order valence-corrected chi connectivity index (χ4v) is 11.9. The number of esters is 4. The Morgan fingerprint density at radius 1 is 0.410 bits per heavy atom. The average Bonchev–Trinajstić information content (AvgIpc) is 0.715. The van der Waals surface area contributed by atoms with Crippen molar-refractivity contribution in [3.63, 3.8) is 0 Å². The van der Waals surface area contributed by atoms with Crippen LogP contribution in [0.1, 0.15) is 106 Å². The van der Waals surface area contributed by atoms with Crippen LogP contribution < -0.4 is 20.1 Å². The molecule has 0 saturated heterocycles. The number of carbonyl (C=O) groups is 6. The van der Waals surface area contributed by atoms with Crippen molar-refractivity contribution in [2.24, 2.45) is 21.7 Å². The first kappa shape index (κ1) is 89.5. The molecule has 2 aliphatic carbocycles. The summed E-state index contributed by atoms with van der Waals surface area (Å²) in [6.45, 7) is 0.280. The second-order valence-electron chi connectivity index (χ2n) is 26.9. The van der Waals surface area contributed by atoms with Gasteiger partial charge >= 0.3 is 83.4 Å². The molecule has 6 unspecified atom stereocenters. The zero-order valence-corrected chi connectivity index (χ0v) is 55.6. The highest BCUT2D eigenvalue weighted by molar-refractivity contribution is 5.81. The molecule has 0 spiro atoms. The van der Waals surface area contributed by atoms with Gasteiger partial charge in [-0.2, -0.15) is 87.8 Å². The molecule has 2 amide bonds. The van der Waals surface area contributed by atoms with Gasteiger partial charge in [0.05, 0.1) is 13.2 Å². The minimum Gasteiger partial charge on any atom is -0.481 e. The van der Waals surface area contributed by atoms with Crippen molar-refractivity contribution in [1.82, 2.24) is 10.6 Å². The standard InChI is InChI=1S/C62H66F26N2O15/c1-9-33(91)98-21-31(104-35(93)11-13-53(7)17-29(15-51(3,4)23-53)89-49(95)102-27-57(77,78)61(85,86)59(81,82)55(73,74)25-100-47-43(69)39(65)37(63)40(66)44(47)70)19-97-20-32(22-99-34(92)10-2)105-36(94)12-14-54(8)18-30(16-52(5,6)24-54)90-50(96)103-28-58(79,80)62(87,88)60(83,84)56(75,76)26-101-48-45(71)41(67)38(64)42(68)46(48)72/h9-10,29-32H,1-2,11-28H2,3-8H3,(H,89,95)(H,90,96). The molecule has 0 aromatic heterocycles. The number of ether oxygens (including phenoxy) is 9. The Morgan fingerprint density at radius 3 is 0.952 bits per heavy atom. The van der Waals surface area contributed by atoms with Gasteiger partial charge in [-0.25, -0.2) is 45.5 Å². The van der Waals surface area contributed by atoms with Crippen molar-refractivity contribution < 1.29 is 186 Å². The first-order valence-corrected chi connectivity index (χ1v) is 30.4. The van der Waals surface area contributed by atoms with E-state index < -0.39 is 265 Å². The molecule has 4 rings (SSSR count). The van der Waals surface area contributed by atoms with E-state index in [1.807, 2.05) is 10.6 Å². The highest BCUT2D eigenvalue weighted by Crippen LogP contribution is 2.56. The summed E-state index contributed by atoms with van der Waals surface area (Å²) in [5.74, 6) is -93.8. The molecule has 2 fully saturated rings. The number of hydrogen-bond donors (Lipinski definition) is 2. The quantitative estimate of drug-likeness (QED) is 0.0162. The molecule has 0 aliphatic heterocycles. The third-order valence-corrected chi connectivity index (χ3v) is 16.3. The van der Waals surface area contributed by atoms with E-state index in [-0.39, 0.29) is 51.4 Å². The first-order chi connectivity index (χ1) is 47.7. The van der Waals surface area contributed by atoms with E-state index in [0.29, 0.717) is 12.2 Å². The summed E-state index contributed by atoms with van der Waals surface area (Å²) in [5, 5.41) is 4.08. The third-order valence-electron chi connectivity index (χ3n) is 16.3. The van der Waals surface area contributed by atoms with Gasteiger partial charge in [0.1, 0.15) is 13.2 Å². The number of rotatable bonds is 36. The van der Waals surface area contributed by atoms with Crippen LogP contribution in [-0.4, -0.2) is 161 Å². The van der Waals surface area contributed by atoms with E-state index >= 15 is 0 Å². The van der Waals surface area contributed by atoms with Crippen LogP contribution in [0.15, 0.2) is 25.3 Å². The van der Waals surface area contributed by atoms with Gasteiger partial charge < -0.3 is 53.3 Å². The van der Waals surface area contributed by atoms with E-state index in [1.54, 1.807) is 41.5 Å². The summed E-state index contributed by atoms with van der Waals surface area (Å²) < 4.78 is 412. The lowest BCUT2D eigenvalue weighted by Crippen LogP contribution is -2.65. The van der Waals surface area contributed by atoms with Crippen molar-refractivity contribution in [3.8, 4) is 11.5 Å². The Bertz CT molecular complexity index is 3230. The number of alkyl halides is 16. The predicted octanol–water partition coefficient (Wildman–Crippen LogP) is 15.1. The molecule has 2 aromatic carbocycles. The SMILES string of the molecule is C=CC(=O)OCC(COCC(COC(=O)C=C)OC(=O)CCC1(C)CC(NC(=O)OCC(F)(F)C(F)(F)C(F)(F)C(F)(F)COc2c(F)c(F)c(F)c(F)c2F)CC(C)(C)C1)OC(=O)CCC1(C)CC(NC(=O)OCC(F)(F)C(F)(F)C(F)(F)C(F)(F)COc2c(F)c(F)c(F)c(F)c2F)CC(C)(C)C1. The summed E-state index contributed by atoms with van der Waals surface area (Å²) in [5.41, 5.74) is -3.79.